The first-order valence-electron chi connectivity index (χ1n) is 5.12. The Kier molecular flexibility index (Phi) is 2.40. The zero-order valence-corrected chi connectivity index (χ0v) is 9.00. The first-order valence-corrected chi connectivity index (χ1v) is 5.12. The van der Waals surface area contributed by atoms with Gasteiger partial charge in [0.05, 0.1) is 0 Å². The fraction of sp³-hybridized carbons (Fsp3) is 0.636. The van der Waals surface area contributed by atoms with E-state index in [1.54, 1.807) is 0 Å². The van der Waals surface area contributed by atoms with Crippen LogP contribution in [0.4, 0.5) is 0 Å². The normalized spacial score (nSPS) is 22.9. The molecular weight excluding hydrogens is 176 g/mol. The maximum atomic E-state index is 5.46. The van der Waals surface area contributed by atoms with E-state index in [-0.39, 0.29) is 0 Å². The molecule has 1 heterocycles. The SMILES string of the molecule is CC1=C(C)CC(c2nnc(C)o2)CC1. The summed E-state index contributed by atoms with van der Waals surface area (Å²) in [6.07, 6.45) is 3.39. The van der Waals surface area contributed by atoms with Gasteiger partial charge in [-0.05, 0) is 33.1 Å². The fourth-order valence-electron chi connectivity index (χ4n) is 1.94. The van der Waals surface area contributed by atoms with E-state index in [9.17, 15) is 0 Å². The monoisotopic (exact) mass is 192 g/mol. The Morgan fingerprint density at radius 2 is 1.93 bits per heavy atom. The molecule has 1 aromatic heterocycles. The number of aromatic nitrogens is 2. The summed E-state index contributed by atoms with van der Waals surface area (Å²) in [5.74, 6) is 1.93. The minimum Gasteiger partial charge on any atom is -0.425 e. The maximum Gasteiger partial charge on any atom is 0.219 e. The first-order chi connectivity index (χ1) is 6.66. The molecule has 2 rings (SSSR count). The van der Waals surface area contributed by atoms with E-state index in [4.69, 9.17) is 4.42 Å². The summed E-state index contributed by atoms with van der Waals surface area (Å²) in [6.45, 7) is 6.25. The van der Waals surface area contributed by atoms with Gasteiger partial charge in [0.15, 0.2) is 0 Å². The van der Waals surface area contributed by atoms with E-state index in [2.05, 4.69) is 24.0 Å². The first kappa shape index (κ1) is 9.44. The molecule has 1 aliphatic carbocycles. The molecular formula is C11H16N2O. The molecule has 0 aromatic carbocycles. The highest BCUT2D eigenvalue weighted by molar-refractivity contribution is 5.17. The van der Waals surface area contributed by atoms with Crippen molar-refractivity contribution in [2.24, 2.45) is 0 Å². The Balaban J connectivity index is 2.16. The number of rotatable bonds is 1. The van der Waals surface area contributed by atoms with E-state index in [1.165, 1.54) is 11.1 Å². The van der Waals surface area contributed by atoms with Crippen LogP contribution in [0, 0.1) is 6.92 Å². The zero-order valence-electron chi connectivity index (χ0n) is 9.00. The minimum atomic E-state index is 0.444. The average molecular weight is 192 g/mol. The van der Waals surface area contributed by atoms with Gasteiger partial charge in [-0.25, -0.2) is 0 Å². The lowest BCUT2D eigenvalue weighted by Gasteiger charge is -2.21. The molecule has 0 amide bonds. The van der Waals surface area contributed by atoms with Gasteiger partial charge in [0.1, 0.15) is 0 Å². The molecule has 0 fully saturated rings. The summed E-state index contributed by atoms with van der Waals surface area (Å²) in [7, 11) is 0. The van der Waals surface area contributed by atoms with Gasteiger partial charge in [-0.15, -0.1) is 10.2 Å². The summed E-state index contributed by atoms with van der Waals surface area (Å²) in [6, 6.07) is 0. The zero-order chi connectivity index (χ0) is 10.1. The standard InChI is InChI=1S/C11H16N2O/c1-7-4-5-10(6-8(7)2)11-13-12-9(3)14-11/h10H,4-6H2,1-3H3. The van der Waals surface area contributed by atoms with E-state index in [0.717, 1.165) is 25.2 Å². The van der Waals surface area contributed by atoms with Crippen LogP contribution in [0.3, 0.4) is 0 Å². The van der Waals surface area contributed by atoms with Gasteiger partial charge in [0.2, 0.25) is 11.8 Å². The fourth-order valence-corrected chi connectivity index (χ4v) is 1.94. The van der Waals surface area contributed by atoms with Crippen molar-refractivity contribution in [2.75, 3.05) is 0 Å². The summed E-state index contributed by atoms with van der Waals surface area (Å²) >= 11 is 0. The Morgan fingerprint density at radius 3 is 2.50 bits per heavy atom. The van der Waals surface area contributed by atoms with Crippen molar-refractivity contribution in [1.29, 1.82) is 0 Å². The van der Waals surface area contributed by atoms with E-state index >= 15 is 0 Å². The molecule has 3 nitrogen and oxygen atoms in total. The second kappa shape index (κ2) is 3.56. The quantitative estimate of drug-likeness (QED) is 0.642. The number of aryl methyl sites for hydroxylation is 1. The topological polar surface area (TPSA) is 38.9 Å². The number of hydrogen-bond donors (Lipinski definition) is 0. The van der Waals surface area contributed by atoms with Crippen molar-refractivity contribution in [3.63, 3.8) is 0 Å². The van der Waals surface area contributed by atoms with Crippen LogP contribution in [0.15, 0.2) is 15.6 Å². The third-order valence-electron chi connectivity index (χ3n) is 3.04. The minimum absolute atomic E-state index is 0.444. The largest absolute Gasteiger partial charge is 0.425 e. The summed E-state index contributed by atoms with van der Waals surface area (Å²) in [5, 5.41) is 7.96. The van der Waals surface area contributed by atoms with Crippen LogP contribution in [0.1, 0.15) is 50.8 Å². The molecule has 3 heteroatoms. The molecule has 1 atom stereocenters. The maximum absolute atomic E-state index is 5.46. The van der Waals surface area contributed by atoms with Crippen LogP contribution in [0.25, 0.3) is 0 Å². The van der Waals surface area contributed by atoms with Crippen molar-refractivity contribution in [3.05, 3.63) is 22.9 Å². The van der Waals surface area contributed by atoms with Gasteiger partial charge >= 0.3 is 0 Å². The lowest BCUT2D eigenvalue weighted by molar-refractivity contribution is 0.403. The highest BCUT2D eigenvalue weighted by Gasteiger charge is 2.22. The molecule has 0 N–H and O–H groups in total. The summed E-state index contributed by atoms with van der Waals surface area (Å²) < 4.78 is 5.46. The van der Waals surface area contributed by atoms with Gasteiger partial charge < -0.3 is 4.42 Å². The molecule has 76 valence electrons. The molecule has 0 saturated heterocycles. The van der Waals surface area contributed by atoms with Crippen molar-refractivity contribution >= 4 is 0 Å². The van der Waals surface area contributed by atoms with Gasteiger partial charge in [-0.2, -0.15) is 0 Å². The molecule has 0 aliphatic heterocycles. The molecule has 14 heavy (non-hydrogen) atoms. The highest BCUT2D eigenvalue weighted by atomic mass is 16.4. The van der Waals surface area contributed by atoms with Crippen LogP contribution >= 0.6 is 0 Å². The summed E-state index contributed by atoms with van der Waals surface area (Å²) in [4.78, 5) is 0. The molecule has 1 aromatic rings. The highest BCUT2D eigenvalue weighted by Crippen LogP contribution is 2.34. The second-order valence-electron chi connectivity index (χ2n) is 4.16. The second-order valence-corrected chi connectivity index (χ2v) is 4.16. The number of hydrogen-bond acceptors (Lipinski definition) is 3. The molecule has 1 unspecified atom stereocenters. The third kappa shape index (κ3) is 1.72. The molecule has 1 aliphatic rings. The lowest BCUT2D eigenvalue weighted by atomic mass is 9.85. The predicted molar refractivity (Wildman–Crippen MR) is 54.0 cm³/mol. The summed E-state index contributed by atoms with van der Waals surface area (Å²) in [5.41, 5.74) is 3.01. The van der Waals surface area contributed by atoms with Gasteiger partial charge in [0.25, 0.3) is 0 Å². The predicted octanol–water partition coefficient (Wildman–Crippen LogP) is 2.98. The van der Waals surface area contributed by atoms with E-state index in [0.29, 0.717) is 11.8 Å². The Morgan fingerprint density at radius 1 is 1.14 bits per heavy atom. The van der Waals surface area contributed by atoms with Crippen molar-refractivity contribution in [1.82, 2.24) is 10.2 Å². The third-order valence-corrected chi connectivity index (χ3v) is 3.04. The van der Waals surface area contributed by atoms with E-state index in [1.807, 2.05) is 6.92 Å². The van der Waals surface area contributed by atoms with Gasteiger partial charge in [-0.1, -0.05) is 11.1 Å². The number of nitrogens with zero attached hydrogens (tertiary/aromatic N) is 2. The van der Waals surface area contributed by atoms with Crippen molar-refractivity contribution in [3.8, 4) is 0 Å². The van der Waals surface area contributed by atoms with E-state index < -0.39 is 0 Å². The lowest BCUT2D eigenvalue weighted by Crippen LogP contribution is -2.07. The molecule has 0 bridgehead atoms. The molecule has 0 saturated carbocycles. The Bertz CT molecular complexity index is 365. The Hall–Kier alpha value is -1.12. The van der Waals surface area contributed by atoms with Crippen LogP contribution in [-0.2, 0) is 0 Å². The van der Waals surface area contributed by atoms with Crippen molar-refractivity contribution < 1.29 is 4.42 Å². The van der Waals surface area contributed by atoms with Crippen LogP contribution < -0.4 is 0 Å². The average Bonchev–Trinajstić information content (AvgIpc) is 2.57. The van der Waals surface area contributed by atoms with Gasteiger partial charge in [-0.3, -0.25) is 0 Å². The van der Waals surface area contributed by atoms with Crippen LogP contribution in [-0.4, -0.2) is 10.2 Å². The van der Waals surface area contributed by atoms with Crippen molar-refractivity contribution in [2.45, 2.75) is 46.0 Å². The van der Waals surface area contributed by atoms with Gasteiger partial charge in [0, 0.05) is 12.8 Å². The number of allylic oxidation sites excluding steroid dienone is 2. The molecule has 0 spiro atoms. The van der Waals surface area contributed by atoms with Crippen LogP contribution in [0.5, 0.6) is 0 Å². The smallest absolute Gasteiger partial charge is 0.219 e. The van der Waals surface area contributed by atoms with Crippen LogP contribution in [0.2, 0.25) is 0 Å². The Labute approximate surface area is 84.2 Å². The molecule has 0 radical (unpaired) electrons.